The van der Waals surface area contributed by atoms with Gasteiger partial charge in [0.2, 0.25) is 5.91 Å². The molecule has 0 radical (unpaired) electrons. The fourth-order valence-electron chi connectivity index (χ4n) is 3.19. The van der Waals surface area contributed by atoms with E-state index in [1.807, 2.05) is 36.6 Å². The third kappa shape index (κ3) is 3.99. The molecule has 152 valence electrons. The van der Waals surface area contributed by atoms with Crippen LogP contribution in [0.3, 0.4) is 0 Å². The van der Waals surface area contributed by atoms with Gasteiger partial charge in [-0.2, -0.15) is 0 Å². The van der Waals surface area contributed by atoms with Crippen LogP contribution in [0.25, 0.3) is 11.0 Å². The fraction of sp³-hybridized carbons (Fsp3) is 0.143. The summed E-state index contributed by atoms with van der Waals surface area (Å²) in [6.07, 6.45) is 1.50. The molecule has 3 aromatic heterocycles. The predicted octanol–water partition coefficient (Wildman–Crippen LogP) is 3.38. The Morgan fingerprint density at radius 1 is 1.17 bits per heavy atom. The molecule has 0 aliphatic rings. The molecular formula is C21H17BrN4O3S. The van der Waals surface area contributed by atoms with Gasteiger partial charge in [-0.3, -0.25) is 18.7 Å². The number of aryl methyl sites for hydroxylation is 1. The highest BCUT2D eigenvalue weighted by molar-refractivity contribution is 9.10. The lowest BCUT2D eigenvalue weighted by atomic mass is 10.2. The molecule has 0 spiro atoms. The van der Waals surface area contributed by atoms with Crippen molar-refractivity contribution >= 4 is 49.9 Å². The molecular weight excluding hydrogens is 468 g/mol. The van der Waals surface area contributed by atoms with Crippen LogP contribution in [0.4, 0.5) is 5.69 Å². The van der Waals surface area contributed by atoms with Gasteiger partial charge >= 0.3 is 5.69 Å². The first kappa shape index (κ1) is 20.2. The molecule has 0 atom stereocenters. The Bertz CT molecular complexity index is 1360. The van der Waals surface area contributed by atoms with Gasteiger partial charge in [0.25, 0.3) is 5.56 Å². The zero-order valence-electron chi connectivity index (χ0n) is 16.0. The highest BCUT2D eigenvalue weighted by Gasteiger charge is 2.17. The van der Waals surface area contributed by atoms with Crippen molar-refractivity contribution in [1.29, 1.82) is 0 Å². The molecule has 1 amide bonds. The second-order valence-corrected chi connectivity index (χ2v) is 8.67. The van der Waals surface area contributed by atoms with Crippen LogP contribution in [0.2, 0.25) is 0 Å². The number of thiophene rings is 1. The van der Waals surface area contributed by atoms with Crippen LogP contribution in [0.15, 0.2) is 68.1 Å². The zero-order chi connectivity index (χ0) is 21.3. The SMILES string of the molecule is Cc1cc(Br)ccc1NC(=O)Cn1c(=O)n(Cc2cccs2)c(=O)c2ncccc21. The van der Waals surface area contributed by atoms with Crippen LogP contribution in [0, 0.1) is 6.92 Å². The van der Waals surface area contributed by atoms with E-state index in [1.165, 1.54) is 22.1 Å². The molecule has 30 heavy (non-hydrogen) atoms. The van der Waals surface area contributed by atoms with E-state index >= 15 is 0 Å². The van der Waals surface area contributed by atoms with Crippen molar-refractivity contribution < 1.29 is 4.79 Å². The zero-order valence-corrected chi connectivity index (χ0v) is 18.4. The van der Waals surface area contributed by atoms with E-state index in [2.05, 4.69) is 26.2 Å². The summed E-state index contributed by atoms with van der Waals surface area (Å²) in [6.45, 7) is 1.78. The number of benzene rings is 1. The van der Waals surface area contributed by atoms with E-state index in [1.54, 1.807) is 18.2 Å². The molecule has 9 heteroatoms. The van der Waals surface area contributed by atoms with Crippen molar-refractivity contribution in [2.24, 2.45) is 0 Å². The van der Waals surface area contributed by atoms with E-state index in [-0.39, 0.29) is 24.5 Å². The molecule has 7 nitrogen and oxygen atoms in total. The van der Waals surface area contributed by atoms with Gasteiger partial charge in [0, 0.05) is 21.2 Å². The summed E-state index contributed by atoms with van der Waals surface area (Å²) in [5.74, 6) is -0.367. The molecule has 0 bridgehead atoms. The summed E-state index contributed by atoms with van der Waals surface area (Å²) in [6, 6.07) is 12.5. The Hall–Kier alpha value is -3.04. The number of hydrogen-bond acceptors (Lipinski definition) is 5. The second-order valence-electron chi connectivity index (χ2n) is 6.72. The number of nitrogens with one attached hydrogen (secondary N) is 1. The van der Waals surface area contributed by atoms with Crippen LogP contribution in [-0.2, 0) is 17.9 Å². The summed E-state index contributed by atoms with van der Waals surface area (Å²) >= 11 is 4.85. The lowest BCUT2D eigenvalue weighted by Crippen LogP contribution is -2.42. The topological polar surface area (TPSA) is 86.0 Å². The minimum Gasteiger partial charge on any atom is -0.324 e. The molecule has 1 aromatic carbocycles. The van der Waals surface area contributed by atoms with Gasteiger partial charge in [0.15, 0.2) is 5.52 Å². The number of nitrogens with zero attached hydrogens (tertiary/aromatic N) is 3. The largest absolute Gasteiger partial charge is 0.332 e. The molecule has 0 aliphatic carbocycles. The minimum atomic E-state index is -0.545. The molecule has 0 saturated carbocycles. The Morgan fingerprint density at radius 3 is 2.73 bits per heavy atom. The van der Waals surface area contributed by atoms with Gasteiger partial charge in [-0.25, -0.2) is 9.78 Å². The van der Waals surface area contributed by atoms with E-state index in [9.17, 15) is 14.4 Å². The number of rotatable bonds is 5. The maximum Gasteiger partial charge on any atom is 0.332 e. The Labute approximate surface area is 183 Å². The van der Waals surface area contributed by atoms with Crippen molar-refractivity contribution in [3.8, 4) is 0 Å². The highest BCUT2D eigenvalue weighted by Crippen LogP contribution is 2.20. The summed E-state index contributed by atoms with van der Waals surface area (Å²) in [4.78, 5) is 43.8. The van der Waals surface area contributed by atoms with Crippen molar-refractivity contribution in [3.05, 3.63) is 89.8 Å². The van der Waals surface area contributed by atoms with Crippen molar-refractivity contribution in [3.63, 3.8) is 0 Å². The summed E-state index contributed by atoms with van der Waals surface area (Å²) in [5, 5.41) is 4.71. The molecule has 0 fully saturated rings. The van der Waals surface area contributed by atoms with E-state index in [4.69, 9.17) is 0 Å². The lowest BCUT2D eigenvalue weighted by molar-refractivity contribution is -0.116. The van der Waals surface area contributed by atoms with Crippen LogP contribution in [0.1, 0.15) is 10.4 Å². The molecule has 0 aliphatic heterocycles. The number of anilines is 1. The normalized spacial score (nSPS) is 11.0. The number of aromatic nitrogens is 3. The Balaban J connectivity index is 1.75. The summed E-state index contributed by atoms with van der Waals surface area (Å²) in [7, 11) is 0. The van der Waals surface area contributed by atoms with Gasteiger partial charge in [0.05, 0.1) is 12.1 Å². The maximum atomic E-state index is 13.1. The number of amides is 1. The van der Waals surface area contributed by atoms with E-state index in [0.717, 1.165) is 19.5 Å². The first-order valence-corrected chi connectivity index (χ1v) is 10.8. The molecule has 0 unspecified atom stereocenters. The van der Waals surface area contributed by atoms with Crippen LogP contribution >= 0.6 is 27.3 Å². The number of hydrogen-bond donors (Lipinski definition) is 1. The van der Waals surface area contributed by atoms with Crippen LogP contribution in [-0.4, -0.2) is 20.0 Å². The van der Waals surface area contributed by atoms with E-state index in [0.29, 0.717) is 11.2 Å². The van der Waals surface area contributed by atoms with Crippen molar-refractivity contribution in [2.45, 2.75) is 20.0 Å². The van der Waals surface area contributed by atoms with Gasteiger partial charge in [-0.15, -0.1) is 11.3 Å². The number of carbonyl (C=O) groups is 1. The van der Waals surface area contributed by atoms with Crippen molar-refractivity contribution in [1.82, 2.24) is 14.1 Å². The smallest absolute Gasteiger partial charge is 0.324 e. The summed E-state index contributed by atoms with van der Waals surface area (Å²) in [5.41, 5.74) is 1.02. The van der Waals surface area contributed by atoms with Gasteiger partial charge in [-0.1, -0.05) is 22.0 Å². The molecule has 0 saturated heterocycles. The Kier molecular flexibility index (Phi) is 5.65. The fourth-order valence-corrected chi connectivity index (χ4v) is 4.36. The average Bonchev–Trinajstić information content (AvgIpc) is 3.24. The quantitative estimate of drug-likeness (QED) is 0.470. The first-order chi connectivity index (χ1) is 14.4. The van der Waals surface area contributed by atoms with Crippen molar-refractivity contribution in [2.75, 3.05) is 5.32 Å². The van der Waals surface area contributed by atoms with Gasteiger partial charge < -0.3 is 5.32 Å². The number of fused-ring (bicyclic) bond motifs is 1. The predicted molar refractivity (Wildman–Crippen MR) is 121 cm³/mol. The first-order valence-electron chi connectivity index (χ1n) is 9.11. The lowest BCUT2D eigenvalue weighted by Gasteiger charge is -2.14. The highest BCUT2D eigenvalue weighted by atomic mass is 79.9. The molecule has 4 aromatic rings. The number of halogens is 1. The summed E-state index contributed by atoms with van der Waals surface area (Å²) < 4.78 is 3.33. The second kappa shape index (κ2) is 8.37. The number of carbonyl (C=O) groups excluding carboxylic acids is 1. The average molecular weight is 485 g/mol. The van der Waals surface area contributed by atoms with E-state index < -0.39 is 11.2 Å². The molecule has 4 rings (SSSR count). The molecule has 3 heterocycles. The van der Waals surface area contributed by atoms with Crippen LogP contribution < -0.4 is 16.6 Å². The monoisotopic (exact) mass is 484 g/mol. The van der Waals surface area contributed by atoms with Gasteiger partial charge in [-0.05, 0) is 54.3 Å². The van der Waals surface area contributed by atoms with Crippen LogP contribution in [0.5, 0.6) is 0 Å². The third-order valence-electron chi connectivity index (χ3n) is 4.65. The maximum absolute atomic E-state index is 13.1. The number of pyridine rings is 1. The van der Waals surface area contributed by atoms with Gasteiger partial charge in [0.1, 0.15) is 6.54 Å². The minimum absolute atomic E-state index is 0.134. The standard InChI is InChI=1S/C21H17BrN4O3S/c1-13-10-14(22)6-7-16(13)24-18(27)12-25-17-5-2-8-23-19(17)20(28)26(21(25)29)11-15-4-3-9-30-15/h2-10H,11-12H2,1H3,(H,24,27). The molecule has 1 N–H and O–H groups in total. The Morgan fingerprint density at radius 2 is 2.00 bits per heavy atom. The third-order valence-corrected chi connectivity index (χ3v) is 6.00.